The van der Waals surface area contributed by atoms with Crippen LogP contribution in [-0.4, -0.2) is 48.8 Å². The second-order valence-corrected chi connectivity index (χ2v) is 11.4. The summed E-state index contributed by atoms with van der Waals surface area (Å²) in [6.45, 7) is 7.58. The minimum atomic E-state index is -0.0917. The van der Waals surface area contributed by atoms with E-state index in [1.165, 1.54) is 23.0 Å². The summed E-state index contributed by atoms with van der Waals surface area (Å²) >= 11 is 1.32. The second-order valence-electron chi connectivity index (χ2n) is 10.2. The first-order chi connectivity index (χ1) is 17.3. The largest absolute Gasteiger partial charge is 0.493 e. The molecule has 1 amide bonds. The van der Waals surface area contributed by atoms with Gasteiger partial charge in [0.25, 0.3) is 5.24 Å². The van der Waals surface area contributed by atoms with Gasteiger partial charge < -0.3 is 14.4 Å². The summed E-state index contributed by atoms with van der Waals surface area (Å²) < 4.78 is 11.1. The van der Waals surface area contributed by atoms with Crippen molar-refractivity contribution >= 4 is 34.2 Å². The molecule has 7 nitrogen and oxygen atoms in total. The van der Waals surface area contributed by atoms with Crippen molar-refractivity contribution in [2.24, 2.45) is 10.1 Å². The number of nitrogens with one attached hydrogen (secondary N) is 1. The van der Waals surface area contributed by atoms with E-state index < -0.39 is 0 Å². The van der Waals surface area contributed by atoms with Gasteiger partial charge in [-0.2, -0.15) is 5.10 Å². The van der Waals surface area contributed by atoms with Gasteiger partial charge in [0.15, 0.2) is 11.5 Å². The zero-order chi connectivity index (χ0) is 25.4. The Morgan fingerprint density at radius 2 is 1.94 bits per heavy atom. The Balaban J connectivity index is 1.58. The van der Waals surface area contributed by atoms with Crippen LogP contribution in [0.15, 0.2) is 46.5 Å². The molecule has 3 aliphatic rings. The quantitative estimate of drug-likeness (QED) is 0.399. The molecule has 0 spiro atoms. The smallest absolute Gasteiger partial charge is 0.299 e. The van der Waals surface area contributed by atoms with E-state index in [-0.39, 0.29) is 15.9 Å². The molecule has 5 rings (SSSR count). The number of fused-ring (bicyclic) bond motifs is 1. The van der Waals surface area contributed by atoms with Gasteiger partial charge in [0, 0.05) is 17.8 Å². The average molecular weight is 507 g/mol. The lowest BCUT2D eigenvalue weighted by molar-refractivity contribution is 0.260. The number of amides is 1. The first-order valence-corrected chi connectivity index (χ1v) is 13.5. The summed E-state index contributed by atoms with van der Waals surface area (Å²) in [7, 11) is 3.32. The fourth-order valence-electron chi connectivity index (χ4n) is 4.91. The van der Waals surface area contributed by atoms with E-state index in [1.54, 1.807) is 14.2 Å². The summed E-state index contributed by atoms with van der Waals surface area (Å²) in [6.07, 6.45) is 4.10. The molecule has 1 unspecified atom stereocenters. The Bertz CT molecular complexity index is 1240. The van der Waals surface area contributed by atoms with Gasteiger partial charge >= 0.3 is 0 Å². The van der Waals surface area contributed by atoms with Crippen LogP contribution in [0.1, 0.15) is 63.1 Å². The van der Waals surface area contributed by atoms with Crippen LogP contribution in [0, 0.1) is 0 Å². The number of rotatable bonds is 6. The molecule has 2 aromatic rings. The third-order valence-electron chi connectivity index (χ3n) is 7.21. The second kappa shape index (κ2) is 9.81. The molecular weight excluding hydrogens is 472 g/mol. The molecular formula is C28H34N4O3S. The normalized spacial score (nSPS) is 21.4. The minimum absolute atomic E-state index is 0.00252. The highest BCUT2D eigenvalue weighted by atomic mass is 32.2. The van der Waals surface area contributed by atoms with Crippen LogP contribution in [0.2, 0.25) is 0 Å². The van der Waals surface area contributed by atoms with E-state index in [9.17, 15) is 4.79 Å². The Morgan fingerprint density at radius 3 is 2.64 bits per heavy atom. The molecule has 1 saturated carbocycles. The third-order valence-corrected chi connectivity index (χ3v) is 8.36. The van der Waals surface area contributed by atoms with Crippen LogP contribution >= 0.6 is 11.8 Å². The van der Waals surface area contributed by atoms with Crippen molar-refractivity contribution in [3.05, 3.63) is 53.1 Å². The average Bonchev–Trinajstić information content (AvgIpc) is 3.71. The monoisotopic (exact) mass is 506 g/mol. The minimum Gasteiger partial charge on any atom is -0.493 e. The van der Waals surface area contributed by atoms with E-state index in [4.69, 9.17) is 14.5 Å². The molecule has 1 fully saturated rings. The summed E-state index contributed by atoms with van der Waals surface area (Å²) in [5, 5.41) is 4.41. The SMILES string of the molecule is CCC1SC(=O)NN=C1c1ccc2c(c1)C(C)(C)CCN2/C(=N\C1CC1)c1ccc(OC)c(OC)c1. The number of carbonyl (C=O) groups is 1. The van der Waals surface area contributed by atoms with Crippen molar-refractivity contribution in [1.29, 1.82) is 0 Å². The fraction of sp³-hybridized carbons (Fsp3) is 0.464. The number of amidine groups is 1. The van der Waals surface area contributed by atoms with Crippen molar-refractivity contribution in [2.75, 3.05) is 25.7 Å². The number of methoxy groups -OCH3 is 2. The van der Waals surface area contributed by atoms with Gasteiger partial charge in [0.1, 0.15) is 5.84 Å². The van der Waals surface area contributed by atoms with Gasteiger partial charge in [-0.1, -0.05) is 38.6 Å². The highest BCUT2D eigenvalue weighted by Crippen LogP contribution is 2.42. The Morgan fingerprint density at radius 1 is 1.17 bits per heavy atom. The lowest BCUT2D eigenvalue weighted by Crippen LogP contribution is -2.42. The summed E-state index contributed by atoms with van der Waals surface area (Å²) in [4.78, 5) is 19.4. The number of thioether (sulfide) groups is 1. The van der Waals surface area contributed by atoms with Crippen molar-refractivity contribution in [1.82, 2.24) is 5.43 Å². The predicted octanol–water partition coefficient (Wildman–Crippen LogP) is 5.74. The van der Waals surface area contributed by atoms with Crippen molar-refractivity contribution in [3.63, 3.8) is 0 Å². The summed E-state index contributed by atoms with van der Waals surface area (Å²) in [5.74, 6) is 2.39. The molecule has 2 aliphatic heterocycles. The molecule has 0 bridgehead atoms. The number of aliphatic imine (C=N–C) groups is 1. The topological polar surface area (TPSA) is 75.5 Å². The van der Waals surface area contributed by atoms with Gasteiger partial charge in [0.2, 0.25) is 0 Å². The number of nitrogens with zero attached hydrogens (tertiary/aromatic N) is 3. The van der Waals surface area contributed by atoms with Crippen LogP contribution < -0.4 is 19.8 Å². The molecule has 0 saturated heterocycles. The zero-order valence-corrected chi connectivity index (χ0v) is 22.4. The maximum atomic E-state index is 11.9. The zero-order valence-electron chi connectivity index (χ0n) is 21.6. The molecule has 1 atom stereocenters. The molecule has 0 aromatic heterocycles. The third kappa shape index (κ3) is 4.71. The Labute approximate surface area is 217 Å². The molecule has 1 N–H and O–H groups in total. The van der Waals surface area contributed by atoms with Gasteiger partial charge in [-0.3, -0.25) is 9.79 Å². The van der Waals surface area contributed by atoms with E-state index >= 15 is 0 Å². The van der Waals surface area contributed by atoms with Crippen LogP contribution in [0.25, 0.3) is 0 Å². The molecule has 2 heterocycles. The Kier molecular flexibility index (Phi) is 6.72. The first kappa shape index (κ1) is 24.7. The van der Waals surface area contributed by atoms with Gasteiger partial charge in [-0.05, 0) is 72.6 Å². The maximum Gasteiger partial charge on any atom is 0.299 e. The van der Waals surface area contributed by atoms with E-state index in [2.05, 4.69) is 60.5 Å². The molecule has 2 aromatic carbocycles. The number of ether oxygens (including phenoxy) is 2. The number of hydrazone groups is 1. The number of hydrogen-bond donors (Lipinski definition) is 1. The van der Waals surface area contributed by atoms with Gasteiger partial charge in [0.05, 0.1) is 31.2 Å². The Hall–Kier alpha value is -3.00. The van der Waals surface area contributed by atoms with E-state index in [0.717, 1.165) is 54.9 Å². The lowest BCUT2D eigenvalue weighted by atomic mass is 9.76. The van der Waals surface area contributed by atoms with E-state index in [1.807, 2.05) is 12.1 Å². The van der Waals surface area contributed by atoms with Crippen molar-refractivity contribution in [2.45, 2.75) is 63.2 Å². The highest BCUT2D eigenvalue weighted by Gasteiger charge is 2.36. The molecule has 0 radical (unpaired) electrons. The standard InChI is InChI=1S/C28H34N4O3S/c1-6-24-25(30-31-27(33)36-24)17-7-11-21-20(15-17)28(2,3)13-14-32(21)26(29-19-9-10-19)18-8-12-22(34-4)23(16-18)35-5/h7-8,11-12,15-16,19,24H,6,9-10,13-14H2,1-5H3,(H,31,33)/b29-26-. The van der Waals surface area contributed by atoms with Gasteiger partial charge in [-0.15, -0.1) is 0 Å². The number of anilines is 1. The summed E-state index contributed by atoms with van der Waals surface area (Å²) in [5.41, 5.74) is 8.12. The lowest BCUT2D eigenvalue weighted by Gasteiger charge is -2.41. The molecule has 8 heteroatoms. The van der Waals surface area contributed by atoms with Crippen molar-refractivity contribution in [3.8, 4) is 11.5 Å². The van der Waals surface area contributed by atoms with Gasteiger partial charge in [-0.25, -0.2) is 5.43 Å². The first-order valence-electron chi connectivity index (χ1n) is 12.6. The van der Waals surface area contributed by atoms with Crippen LogP contribution in [0.3, 0.4) is 0 Å². The van der Waals surface area contributed by atoms with Crippen LogP contribution in [0.4, 0.5) is 10.5 Å². The van der Waals surface area contributed by atoms with E-state index in [0.29, 0.717) is 17.5 Å². The molecule has 36 heavy (non-hydrogen) atoms. The predicted molar refractivity (Wildman–Crippen MR) is 147 cm³/mol. The highest BCUT2D eigenvalue weighted by molar-refractivity contribution is 8.14. The number of hydrogen-bond acceptors (Lipinski definition) is 6. The molecule has 190 valence electrons. The van der Waals surface area contributed by atoms with Crippen molar-refractivity contribution < 1.29 is 14.3 Å². The molecule has 1 aliphatic carbocycles. The number of carbonyl (C=O) groups excluding carboxylic acids is 1. The summed E-state index contributed by atoms with van der Waals surface area (Å²) in [6, 6.07) is 13.0. The number of benzene rings is 2. The van der Waals surface area contributed by atoms with Crippen LogP contribution in [0.5, 0.6) is 11.5 Å². The maximum absolute atomic E-state index is 11.9. The van der Waals surface area contributed by atoms with Crippen LogP contribution in [-0.2, 0) is 5.41 Å². The fourth-order valence-corrected chi connectivity index (χ4v) is 5.73.